The van der Waals surface area contributed by atoms with Crippen LogP contribution < -0.4 is 5.32 Å². The Morgan fingerprint density at radius 3 is 2.84 bits per heavy atom. The number of anilines is 1. The first-order valence-electron chi connectivity index (χ1n) is 6.73. The molecule has 1 aliphatic rings. The first-order valence-corrected chi connectivity index (χ1v) is 6.73. The summed E-state index contributed by atoms with van der Waals surface area (Å²) in [5.41, 5.74) is 1.29. The summed E-state index contributed by atoms with van der Waals surface area (Å²) in [6, 6.07) is 6.98. The Labute approximate surface area is 113 Å². The van der Waals surface area contributed by atoms with Crippen LogP contribution in [0.2, 0.25) is 0 Å². The molecular weight excluding hydrogens is 240 g/mol. The van der Waals surface area contributed by atoms with Crippen molar-refractivity contribution in [1.29, 1.82) is 0 Å². The zero-order valence-electron chi connectivity index (χ0n) is 11.5. The van der Waals surface area contributed by atoms with Crippen LogP contribution in [0.4, 0.5) is 10.5 Å². The molecular formula is C15H20N2O2. The number of hydrogen-bond donors (Lipinski definition) is 1. The molecule has 102 valence electrons. The number of carbonyl (C=O) groups excluding carboxylic acids is 2. The molecule has 1 atom stereocenters. The lowest BCUT2D eigenvalue weighted by molar-refractivity contribution is 0.101. The van der Waals surface area contributed by atoms with E-state index in [0.29, 0.717) is 17.2 Å². The third kappa shape index (κ3) is 3.56. The lowest BCUT2D eigenvalue weighted by Crippen LogP contribution is -2.41. The Balaban J connectivity index is 2.02. The Hall–Kier alpha value is -1.84. The monoisotopic (exact) mass is 260 g/mol. The van der Waals surface area contributed by atoms with Crippen molar-refractivity contribution >= 4 is 17.5 Å². The molecule has 1 fully saturated rings. The zero-order valence-corrected chi connectivity index (χ0v) is 11.5. The number of urea groups is 1. The number of nitrogens with zero attached hydrogens (tertiary/aromatic N) is 1. The summed E-state index contributed by atoms with van der Waals surface area (Å²) in [6.45, 7) is 5.30. The average Bonchev–Trinajstić information content (AvgIpc) is 2.39. The number of likely N-dealkylation sites (tertiary alicyclic amines) is 1. The number of ketones is 1. The molecule has 2 rings (SSSR count). The van der Waals surface area contributed by atoms with Gasteiger partial charge in [0.15, 0.2) is 5.78 Å². The number of benzene rings is 1. The number of rotatable bonds is 2. The van der Waals surface area contributed by atoms with Gasteiger partial charge in [-0.15, -0.1) is 0 Å². The van der Waals surface area contributed by atoms with Crippen LogP contribution in [0.1, 0.15) is 37.0 Å². The molecule has 2 amide bonds. The molecule has 1 aromatic carbocycles. The largest absolute Gasteiger partial charge is 0.324 e. The second kappa shape index (κ2) is 5.87. The third-order valence-electron chi connectivity index (χ3n) is 3.46. The van der Waals surface area contributed by atoms with E-state index in [1.165, 1.54) is 13.3 Å². The van der Waals surface area contributed by atoms with Crippen LogP contribution in [-0.2, 0) is 0 Å². The summed E-state index contributed by atoms with van der Waals surface area (Å²) in [6.07, 6.45) is 2.24. The SMILES string of the molecule is CC(=O)c1cccc(NC(=O)N2CCCC(C)C2)c1. The van der Waals surface area contributed by atoms with Crippen LogP contribution in [0.15, 0.2) is 24.3 Å². The summed E-state index contributed by atoms with van der Waals surface area (Å²) < 4.78 is 0. The van der Waals surface area contributed by atoms with Gasteiger partial charge in [0.2, 0.25) is 0 Å². The molecule has 1 saturated heterocycles. The van der Waals surface area contributed by atoms with Gasteiger partial charge in [-0.25, -0.2) is 4.79 Å². The van der Waals surface area contributed by atoms with Gasteiger partial charge in [0, 0.05) is 24.3 Å². The van der Waals surface area contributed by atoms with Gasteiger partial charge in [0.05, 0.1) is 0 Å². The van der Waals surface area contributed by atoms with Gasteiger partial charge in [0.1, 0.15) is 0 Å². The van der Waals surface area contributed by atoms with Gasteiger partial charge in [-0.05, 0) is 37.8 Å². The minimum Gasteiger partial charge on any atom is -0.324 e. The Morgan fingerprint density at radius 2 is 2.16 bits per heavy atom. The normalized spacial score (nSPS) is 19.1. The van der Waals surface area contributed by atoms with Gasteiger partial charge in [0.25, 0.3) is 0 Å². The fraction of sp³-hybridized carbons (Fsp3) is 0.467. The molecule has 1 aromatic rings. The number of Topliss-reactive ketones (excluding diaryl/α,β-unsaturated/α-hetero) is 1. The molecule has 4 heteroatoms. The first kappa shape index (κ1) is 13.6. The van der Waals surface area contributed by atoms with Crippen LogP contribution in [0.3, 0.4) is 0 Å². The summed E-state index contributed by atoms with van der Waals surface area (Å²) in [5, 5.41) is 2.86. The standard InChI is InChI=1S/C15H20N2O2/c1-11-5-4-8-17(10-11)15(19)16-14-7-3-6-13(9-14)12(2)18/h3,6-7,9,11H,4-5,8,10H2,1-2H3,(H,16,19). The summed E-state index contributed by atoms with van der Waals surface area (Å²) in [4.78, 5) is 25.3. The van der Waals surface area contributed by atoms with Crippen molar-refractivity contribution in [2.24, 2.45) is 5.92 Å². The van der Waals surface area contributed by atoms with Crippen LogP contribution in [-0.4, -0.2) is 29.8 Å². The molecule has 0 spiro atoms. The molecule has 4 nitrogen and oxygen atoms in total. The number of hydrogen-bond acceptors (Lipinski definition) is 2. The van der Waals surface area contributed by atoms with E-state index < -0.39 is 0 Å². The van der Waals surface area contributed by atoms with Gasteiger partial charge in [-0.2, -0.15) is 0 Å². The minimum absolute atomic E-state index is 0.00249. The summed E-state index contributed by atoms with van der Waals surface area (Å²) in [7, 11) is 0. The quantitative estimate of drug-likeness (QED) is 0.830. The molecule has 1 unspecified atom stereocenters. The van der Waals surface area contributed by atoms with E-state index >= 15 is 0 Å². The van der Waals surface area contributed by atoms with Crippen molar-refractivity contribution in [3.05, 3.63) is 29.8 Å². The molecule has 1 heterocycles. The predicted octanol–water partition coefficient (Wildman–Crippen LogP) is 3.15. The topological polar surface area (TPSA) is 49.4 Å². The molecule has 1 aliphatic heterocycles. The summed E-state index contributed by atoms with van der Waals surface area (Å²) in [5.74, 6) is 0.561. The fourth-order valence-electron chi connectivity index (χ4n) is 2.39. The molecule has 0 saturated carbocycles. The van der Waals surface area contributed by atoms with Crippen LogP contribution in [0.25, 0.3) is 0 Å². The highest BCUT2D eigenvalue weighted by Gasteiger charge is 2.20. The maximum atomic E-state index is 12.1. The highest BCUT2D eigenvalue weighted by molar-refractivity contribution is 5.96. The number of nitrogens with one attached hydrogen (secondary N) is 1. The van der Waals surface area contributed by atoms with Crippen molar-refractivity contribution < 1.29 is 9.59 Å². The Morgan fingerprint density at radius 1 is 1.37 bits per heavy atom. The van der Waals surface area contributed by atoms with Crippen molar-refractivity contribution in [1.82, 2.24) is 4.90 Å². The number of carbonyl (C=O) groups is 2. The summed E-state index contributed by atoms with van der Waals surface area (Å²) >= 11 is 0. The van der Waals surface area contributed by atoms with E-state index in [4.69, 9.17) is 0 Å². The van der Waals surface area contributed by atoms with E-state index in [1.807, 2.05) is 4.90 Å². The Kier molecular flexibility index (Phi) is 4.20. The lowest BCUT2D eigenvalue weighted by atomic mass is 10.0. The van der Waals surface area contributed by atoms with Crippen molar-refractivity contribution in [3.8, 4) is 0 Å². The Bertz CT molecular complexity index is 485. The number of amides is 2. The average molecular weight is 260 g/mol. The van der Waals surface area contributed by atoms with E-state index in [9.17, 15) is 9.59 Å². The van der Waals surface area contributed by atoms with Crippen molar-refractivity contribution in [2.75, 3.05) is 18.4 Å². The molecule has 19 heavy (non-hydrogen) atoms. The highest BCUT2D eigenvalue weighted by atomic mass is 16.2. The van der Waals surface area contributed by atoms with Crippen LogP contribution in [0, 0.1) is 5.92 Å². The second-order valence-electron chi connectivity index (χ2n) is 5.26. The molecule has 0 aliphatic carbocycles. The number of piperidine rings is 1. The first-order chi connectivity index (χ1) is 9.06. The van der Waals surface area contributed by atoms with E-state index in [-0.39, 0.29) is 11.8 Å². The van der Waals surface area contributed by atoms with Gasteiger partial charge >= 0.3 is 6.03 Å². The van der Waals surface area contributed by atoms with E-state index in [2.05, 4.69) is 12.2 Å². The highest BCUT2D eigenvalue weighted by Crippen LogP contribution is 2.17. The maximum absolute atomic E-state index is 12.1. The lowest BCUT2D eigenvalue weighted by Gasteiger charge is -2.30. The van der Waals surface area contributed by atoms with Gasteiger partial charge in [-0.1, -0.05) is 19.1 Å². The van der Waals surface area contributed by atoms with Crippen LogP contribution in [0.5, 0.6) is 0 Å². The maximum Gasteiger partial charge on any atom is 0.321 e. The van der Waals surface area contributed by atoms with Crippen molar-refractivity contribution in [3.63, 3.8) is 0 Å². The predicted molar refractivity (Wildman–Crippen MR) is 75.4 cm³/mol. The molecule has 0 bridgehead atoms. The second-order valence-corrected chi connectivity index (χ2v) is 5.26. The zero-order chi connectivity index (χ0) is 13.8. The molecule has 0 aromatic heterocycles. The van der Waals surface area contributed by atoms with Crippen molar-refractivity contribution in [2.45, 2.75) is 26.7 Å². The minimum atomic E-state index is -0.0766. The third-order valence-corrected chi connectivity index (χ3v) is 3.46. The van der Waals surface area contributed by atoms with Gasteiger partial charge in [-0.3, -0.25) is 4.79 Å². The van der Waals surface area contributed by atoms with E-state index in [1.54, 1.807) is 24.3 Å². The molecule has 0 radical (unpaired) electrons. The molecule has 1 N–H and O–H groups in total. The fourth-order valence-corrected chi connectivity index (χ4v) is 2.39. The van der Waals surface area contributed by atoms with Crippen LogP contribution >= 0.6 is 0 Å². The smallest absolute Gasteiger partial charge is 0.321 e. The van der Waals surface area contributed by atoms with Gasteiger partial charge < -0.3 is 10.2 Å². The van der Waals surface area contributed by atoms with E-state index in [0.717, 1.165) is 19.5 Å².